The molecule has 68 valence electrons. The lowest BCUT2D eigenvalue weighted by Gasteiger charge is -1.99. The van der Waals surface area contributed by atoms with E-state index in [1.807, 2.05) is 0 Å². The second-order valence-corrected chi connectivity index (χ2v) is 2.39. The molecule has 0 spiro atoms. The van der Waals surface area contributed by atoms with E-state index in [1.165, 1.54) is 23.4 Å². The monoisotopic (exact) mass is 187 g/mol. The highest BCUT2D eigenvalue weighted by molar-refractivity contribution is 5.44. The van der Waals surface area contributed by atoms with Crippen LogP contribution in [-0.2, 0) is 0 Å². The summed E-state index contributed by atoms with van der Waals surface area (Å²) in [5.41, 5.74) is 5.56. The maximum atomic E-state index is 8.51. The maximum Gasteiger partial charge on any atom is 0.252 e. The lowest BCUT2D eigenvalue weighted by molar-refractivity contribution is 0.836. The van der Waals surface area contributed by atoms with E-state index >= 15 is 0 Å². The average Bonchev–Trinajstić information content (AvgIpc) is 2.67. The van der Waals surface area contributed by atoms with Gasteiger partial charge in [0.2, 0.25) is 0 Å². The van der Waals surface area contributed by atoms with Crippen LogP contribution in [0, 0.1) is 11.3 Å². The summed E-state index contributed by atoms with van der Waals surface area (Å²) in [5.74, 6) is 0.665. The second kappa shape index (κ2) is 3.10. The standard InChI is InChI=1S/C7H5N7/c8-3-5-12-4-14(13-5)7-6(9)10-1-2-11-7/h1-2,4H,(H2,9,10). The minimum absolute atomic E-state index is 0.0649. The molecule has 2 aromatic heterocycles. The number of rotatable bonds is 1. The molecule has 0 saturated heterocycles. The van der Waals surface area contributed by atoms with Crippen LogP contribution in [0.1, 0.15) is 5.82 Å². The predicted octanol–water partition coefficient (Wildman–Crippen LogP) is -0.489. The van der Waals surface area contributed by atoms with Crippen molar-refractivity contribution in [2.24, 2.45) is 0 Å². The molecule has 0 amide bonds. The molecule has 7 heteroatoms. The third-order valence-corrected chi connectivity index (χ3v) is 1.52. The molecule has 7 nitrogen and oxygen atoms in total. The Morgan fingerprint density at radius 2 is 2.07 bits per heavy atom. The molecular formula is C7H5N7. The topological polar surface area (TPSA) is 106 Å². The Labute approximate surface area is 78.9 Å². The summed E-state index contributed by atoms with van der Waals surface area (Å²) in [5, 5.41) is 12.3. The third-order valence-electron chi connectivity index (χ3n) is 1.52. The van der Waals surface area contributed by atoms with Crippen molar-refractivity contribution in [1.82, 2.24) is 24.7 Å². The number of aromatic nitrogens is 5. The first-order chi connectivity index (χ1) is 6.81. The Bertz CT molecular complexity index is 495. The van der Waals surface area contributed by atoms with Gasteiger partial charge < -0.3 is 5.73 Å². The summed E-state index contributed by atoms with van der Waals surface area (Å²) in [4.78, 5) is 11.5. The fourth-order valence-electron chi connectivity index (χ4n) is 0.934. The first-order valence-corrected chi connectivity index (χ1v) is 3.70. The van der Waals surface area contributed by atoms with Gasteiger partial charge in [-0.2, -0.15) is 9.94 Å². The van der Waals surface area contributed by atoms with Crippen molar-refractivity contribution in [1.29, 1.82) is 5.26 Å². The predicted molar refractivity (Wildman–Crippen MR) is 46.1 cm³/mol. The Morgan fingerprint density at radius 1 is 1.29 bits per heavy atom. The van der Waals surface area contributed by atoms with E-state index in [0.717, 1.165) is 0 Å². The molecule has 0 saturated carbocycles. The molecule has 2 rings (SSSR count). The third kappa shape index (κ3) is 1.25. The first-order valence-electron chi connectivity index (χ1n) is 3.70. The van der Waals surface area contributed by atoms with Crippen molar-refractivity contribution >= 4 is 5.82 Å². The number of nitrogens with two attached hydrogens (primary N) is 1. The zero-order valence-electron chi connectivity index (χ0n) is 6.99. The summed E-state index contributed by atoms with van der Waals surface area (Å²) < 4.78 is 1.31. The number of anilines is 1. The van der Waals surface area contributed by atoms with Crippen molar-refractivity contribution < 1.29 is 0 Å². The minimum atomic E-state index is 0.0649. The zero-order valence-corrected chi connectivity index (χ0v) is 6.99. The lowest BCUT2D eigenvalue weighted by Crippen LogP contribution is -2.04. The van der Waals surface area contributed by atoms with Crippen LogP contribution in [-0.4, -0.2) is 24.7 Å². The number of nitrogen functional groups attached to an aromatic ring is 1. The molecule has 0 aliphatic carbocycles. The molecule has 0 fully saturated rings. The summed E-state index contributed by atoms with van der Waals surface area (Å²) in [6.07, 6.45) is 4.32. The molecule has 0 bridgehead atoms. The Balaban J connectivity index is 2.51. The van der Waals surface area contributed by atoms with E-state index in [4.69, 9.17) is 11.0 Å². The van der Waals surface area contributed by atoms with E-state index in [9.17, 15) is 0 Å². The van der Waals surface area contributed by atoms with E-state index in [2.05, 4.69) is 20.1 Å². The fraction of sp³-hybridized carbons (Fsp3) is 0. The number of hydrogen-bond acceptors (Lipinski definition) is 6. The Hall–Kier alpha value is -2.49. The van der Waals surface area contributed by atoms with Crippen molar-refractivity contribution in [3.8, 4) is 11.9 Å². The van der Waals surface area contributed by atoms with E-state index in [-0.39, 0.29) is 11.6 Å². The van der Waals surface area contributed by atoms with Crippen LogP contribution >= 0.6 is 0 Å². The molecular weight excluding hydrogens is 182 g/mol. The van der Waals surface area contributed by atoms with Crippen LogP contribution in [0.15, 0.2) is 18.7 Å². The van der Waals surface area contributed by atoms with Gasteiger partial charge in [-0.05, 0) is 0 Å². The molecule has 2 aromatic rings. The number of hydrogen-bond donors (Lipinski definition) is 1. The zero-order chi connectivity index (χ0) is 9.97. The summed E-state index contributed by atoms with van der Waals surface area (Å²) >= 11 is 0. The van der Waals surface area contributed by atoms with Crippen molar-refractivity contribution in [3.05, 3.63) is 24.5 Å². The highest BCUT2D eigenvalue weighted by Crippen LogP contribution is 2.07. The van der Waals surface area contributed by atoms with Crippen LogP contribution in [0.5, 0.6) is 0 Å². The molecule has 0 aromatic carbocycles. The number of nitrogens with zero attached hydrogens (tertiary/aromatic N) is 6. The molecule has 0 aliphatic heterocycles. The Kier molecular flexibility index (Phi) is 1.80. The highest BCUT2D eigenvalue weighted by Gasteiger charge is 2.06. The normalized spacial score (nSPS) is 9.64. The fourth-order valence-corrected chi connectivity index (χ4v) is 0.934. The van der Waals surface area contributed by atoms with E-state index < -0.39 is 0 Å². The average molecular weight is 187 g/mol. The van der Waals surface area contributed by atoms with Crippen molar-refractivity contribution in [3.63, 3.8) is 0 Å². The molecule has 0 aliphatic rings. The van der Waals surface area contributed by atoms with Gasteiger partial charge in [0.1, 0.15) is 12.4 Å². The molecule has 0 unspecified atom stereocenters. The summed E-state index contributed by atoms with van der Waals surface area (Å²) in [6, 6.07) is 1.80. The molecule has 0 atom stereocenters. The highest BCUT2D eigenvalue weighted by atomic mass is 15.4. The van der Waals surface area contributed by atoms with Gasteiger partial charge in [0.25, 0.3) is 5.82 Å². The van der Waals surface area contributed by atoms with Crippen LogP contribution in [0.4, 0.5) is 5.82 Å². The maximum absolute atomic E-state index is 8.51. The first kappa shape index (κ1) is 8.12. The molecule has 14 heavy (non-hydrogen) atoms. The smallest absolute Gasteiger partial charge is 0.252 e. The Morgan fingerprint density at radius 3 is 2.71 bits per heavy atom. The largest absolute Gasteiger partial charge is 0.381 e. The summed E-state index contributed by atoms with van der Waals surface area (Å²) in [7, 11) is 0. The van der Waals surface area contributed by atoms with Gasteiger partial charge in [-0.25, -0.2) is 15.0 Å². The van der Waals surface area contributed by atoms with Gasteiger partial charge in [0.05, 0.1) is 0 Å². The van der Waals surface area contributed by atoms with Gasteiger partial charge >= 0.3 is 0 Å². The van der Waals surface area contributed by atoms with E-state index in [0.29, 0.717) is 5.82 Å². The van der Waals surface area contributed by atoms with Crippen LogP contribution < -0.4 is 5.73 Å². The van der Waals surface area contributed by atoms with Gasteiger partial charge in [-0.3, -0.25) is 0 Å². The quantitative estimate of drug-likeness (QED) is 0.645. The molecule has 2 N–H and O–H groups in total. The molecule has 0 radical (unpaired) electrons. The van der Waals surface area contributed by atoms with E-state index in [1.54, 1.807) is 6.07 Å². The SMILES string of the molecule is N#Cc1ncn(-c2nccnc2N)n1. The van der Waals surface area contributed by atoms with Gasteiger partial charge in [-0.15, -0.1) is 5.10 Å². The lowest BCUT2D eigenvalue weighted by atomic mass is 10.6. The van der Waals surface area contributed by atoms with Crippen LogP contribution in [0.2, 0.25) is 0 Å². The second-order valence-electron chi connectivity index (χ2n) is 2.39. The van der Waals surface area contributed by atoms with Gasteiger partial charge in [0.15, 0.2) is 11.6 Å². The van der Waals surface area contributed by atoms with Crippen molar-refractivity contribution in [2.75, 3.05) is 5.73 Å². The van der Waals surface area contributed by atoms with Crippen LogP contribution in [0.3, 0.4) is 0 Å². The summed E-state index contributed by atoms with van der Waals surface area (Å²) in [6.45, 7) is 0. The number of nitriles is 1. The minimum Gasteiger partial charge on any atom is -0.381 e. The molecule has 2 heterocycles. The van der Waals surface area contributed by atoms with Gasteiger partial charge in [-0.1, -0.05) is 0 Å². The van der Waals surface area contributed by atoms with Crippen LogP contribution in [0.25, 0.3) is 5.82 Å². The van der Waals surface area contributed by atoms with Crippen molar-refractivity contribution in [2.45, 2.75) is 0 Å². The van der Waals surface area contributed by atoms with Gasteiger partial charge in [0, 0.05) is 12.4 Å².